The molecule has 0 amide bonds. The fraction of sp³-hybridized carbons (Fsp3) is 0.412. The maximum absolute atomic E-state index is 12.5. The van der Waals surface area contributed by atoms with Crippen molar-refractivity contribution >= 4 is 23.3 Å². The molecule has 24 heavy (non-hydrogen) atoms. The molecule has 0 aromatic heterocycles. The van der Waals surface area contributed by atoms with Gasteiger partial charge in [0.05, 0.1) is 32.4 Å². The van der Waals surface area contributed by atoms with E-state index in [1.807, 2.05) is 26.1 Å². The summed E-state index contributed by atoms with van der Waals surface area (Å²) in [6.07, 6.45) is 0. The Morgan fingerprint density at radius 1 is 1.33 bits per heavy atom. The highest BCUT2D eigenvalue weighted by Gasteiger charge is 2.34. The monoisotopic (exact) mass is 350 g/mol. The van der Waals surface area contributed by atoms with Gasteiger partial charge in [-0.2, -0.15) is 0 Å². The minimum atomic E-state index is -0.450. The van der Waals surface area contributed by atoms with Crippen LogP contribution >= 0.6 is 12.2 Å². The van der Waals surface area contributed by atoms with Crippen molar-refractivity contribution in [1.82, 2.24) is 10.2 Å². The highest BCUT2D eigenvalue weighted by molar-refractivity contribution is 7.80. The van der Waals surface area contributed by atoms with Crippen LogP contribution in [0, 0.1) is 0 Å². The lowest BCUT2D eigenvalue weighted by Crippen LogP contribution is -2.46. The van der Waals surface area contributed by atoms with Crippen molar-refractivity contribution in [2.75, 3.05) is 27.9 Å². The zero-order valence-corrected chi connectivity index (χ0v) is 15.3. The number of hydrogen-bond acceptors (Lipinski definition) is 5. The second-order valence-corrected chi connectivity index (χ2v) is 5.66. The Morgan fingerprint density at radius 3 is 2.62 bits per heavy atom. The predicted molar refractivity (Wildman–Crippen MR) is 95.1 cm³/mol. The molecular weight excluding hydrogens is 328 g/mol. The molecule has 1 N–H and O–H groups in total. The maximum atomic E-state index is 12.5. The van der Waals surface area contributed by atoms with Gasteiger partial charge in [0, 0.05) is 24.4 Å². The van der Waals surface area contributed by atoms with Crippen molar-refractivity contribution in [2.24, 2.45) is 0 Å². The van der Waals surface area contributed by atoms with Crippen molar-refractivity contribution < 1.29 is 19.0 Å². The molecule has 1 aromatic carbocycles. The number of methoxy groups -OCH3 is 2. The molecule has 1 aliphatic heterocycles. The first kappa shape index (κ1) is 18.1. The fourth-order valence-corrected chi connectivity index (χ4v) is 2.85. The van der Waals surface area contributed by atoms with E-state index in [-0.39, 0.29) is 5.97 Å². The largest absolute Gasteiger partial charge is 0.497 e. The Hall–Kier alpha value is -2.28. The van der Waals surface area contributed by atoms with Crippen molar-refractivity contribution in [3.63, 3.8) is 0 Å². The molecular formula is C17H22N2O4S. The first-order valence-electron chi connectivity index (χ1n) is 7.58. The third-order valence-electron chi connectivity index (χ3n) is 4.00. The number of esters is 1. The zero-order chi connectivity index (χ0) is 17.9. The van der Waals surface area contributed by atoms with Gasteiger partial charge in [-0.05, 0) is 38.2 Å². The molecule has 6 nitrogen and oxygen atoms in total. The number of hydrogen-bond donors (Lipinski definition) is 1. The molecule has 0 saturated heterocycles. The summed E-state index contributed by atoms with van der Waals surface area (Å²) in [5.41, 5.74) is 2.05. The molecule has 0 spiro atoms. The van der Waals surface area contributed by atoms with Gasteiger partial charge in [0.1, 0.15) is 11.5 Å². The fourth-order valence-electron chi connectivity index (χ4n) is 2.60. The highest BCUT2D eigenvalue weighted by atomic mass is 32.1. The minimum Gasteiger partial charge on any atom is -0.497 e. The molecule has 130 valence electrons. The van der Waals surface area contributed by atoms with Crippen LogP contribution in [0.4, 0.5) is 0 Å². The SMILES string of the molecule is CCOC(=O)C1=C(C)N(C)C(=S)NC1c1ccc(OC)cc1OC. The molecule has 0 aliphatic carbocycles. The van der Waals surface area contributed by atoms with Gasteiger partial charge in [-0.3, -0.25) is 0 Å². The van der Waals surface area contributed by atoms with Crippen molar-refractivity contribution in [2.45, 2.75) is 19.9 Å². The van der Waals surface area contributed by atoms with Crippen LogP contribution in [-0.4, -0.2) is 43.9 Å². The maximum Gasteiger partial charge on any atom is 0.338 e. The molecule has 1 atom stereocenters. The molecule has 1 aromatic rings. The summed E-state index contributed by atoms with van der Waals surface area (Å²) in [7, 11) is 4.98. The van der Waals surface area contributed by atoms with E-state index in [0.717, 1.165) is 11.3 Å². The van der Waals surface area contributed by atoms with Gasteiger partial charge in [0.2, 0.25) is 0 Å². The number of thiocarbonyl (C=S) groups is 1. The highest BCUT2D eigenvalue weighted by Crippen LogP contribution is 2.37. The third kappa shape index (κ3) is 3.31. The normalized spacial score (nSPS) is 17.5. The predicted octanol–water partition coefficient (Wildman–Crippen LogP) is 2.40. The van der Waals surface area contributed by atoms with Gasteiger partial charge in [-0.1, -0.05) is 0 Å². The molecule has 1 heterocycles. The van der Waals surface area contributed by atoms with Gasteiger partial charge >= 0.3 is 5.97 Å². The Morgan fingerprint density at radius 2 is 2.04 bits per heavy atom. The summed E-state index contributed by atoms with van der Waals surface area (Å²) >= 11 is 5.38. The first-order chi connectivity index (χ1) is 11.4. The van der Waals surface area contributed by atoms with E-state index in [9.17, 15) is 4.79 Å². The number of nitrogens with zero attached hydrogens (tertiary/aromatic N) is 1. The molecule has 0 saturated carbocycles. The van der Waals surface area contributed by atoms with E-state index in [1.165, 1.54) is 0 Å². The number of rotatable bonds is 5. The van der Waals surface area contributed by atoms with E-state index >= 15 is 0 Å². The molecule has 2 rings (SSSR count). The summed E-state index contributed by atoms with van der Waals surface area (Å²) in [6.45, 7) is 3.93. The van der Waals surface area contributed by atoms with E-state index in [2.05, 4.69) is 5.32 Å². The van der Waals surface area contributed by atoms with Crippen LogP contribution in [0.15, 0.2) is 29.5 Å². The summed E-state index contributed by atoms with van der Waals surface area (Å²) < 4.78 is 15.9. The van der Waals surface area contributed by atoms with Crippen molar-refractivity contribution in [3.05, 3.63) is 35.0 Å². The van der Waals surface area contributed by atoms with Crippen LogP contribution < -0.4 is 14.8 Å². The van der Waals surface area contributed by atoms with E-state index in [1.54, 1.807) is 32.1 Å². The average molecular weight is 350 g/mol. The molecule has 1 aliphatic rings. The molecule has 1 unspecified atom stereocenters. The lowest BCUT2D eigenvalue weighted by atomic mass is 9.94. The summed E-state index contributed by atoms with van der Waals surface area (Å²) in [6, 6.07) is 5.00. The Balaban J connectivity index is 2.57. The van der Waals surface area contributed by atoms with E-state index < -0.39 is 6.04 Å². The Labute approximate surface area is 147 Å². The molecule has 0 fully saturated rings. The van der Waals surface area contributed by atoms with Crippen LogP contribution in [0.2, 0.25) is 0 Å². The second-order valence-electron chi connectivity index (χ2n) is 5.27. The van der Waals surface area contributed by atoms with E-state index in [4.69, 9.17) is 26.4 Å². The average Bonchev–Trinajstić information content (AvgIpc) is 2.58. The van der Waals surface area contributed by atoms with E-state index in [0.29, 0.717) is 28.8 Å². The standard InChI is InChI=1S/C17H22N2O4S/c1-6-23-16(20)14-10(2)19(3)17(24)18-15(14)12-8-7-11(21-4)9-13(12)22-5/h7-9,15H,6H2,1-5H3,(H,18,24). The smallest absolute Gasteiger partial charge is 0.338 e. The van der Waals surface area contributed by atoms with Crippen LogP contribution in [0.3, 0.4) is 0 Å². The number of nitrogens with one attached hydrogen (secondary N) is 1. The lowest BCUT2D eigenvalue weighted by molar-refractivity contribution is -0.139. The second kappa shape index (κ2) is 7.53. The number of ether oxygens (including phenoxy) is 3. The van der Waals surface area contributed by atoms with Crippen molar-refractivity contribution in [3.8, 4) is 11.5 Å². The van der Waals surface area contributed by atoms with Crippen LogP contribution in [0.1, 0.15) is 25.5 Å². The topological polar surface area (TPSA) is 60.0 Å². The van der Waals surface area contributed by atoms with Gasteiger partial charge in [-0.25, -0.2) is 4.79 Å². The molecule has 0 radical (unpaired) electrons. The number of carbonyl (C=O) groups excluding carboxylic acids is 1. The van der Waals surface area contributed by atoms with Gasteiger partial charge in [-0.15, -0.1) is 0 Å². The molecule has 7 heteroatoms. The number of carbonyl (C=O) groups is 1. The van der Waals surface area contributed by atoms with Crippen LogP contribution in [-0.2, 0) is 9.53 Å². The van der Waals surface area contributed by atoms with Gasteiger partial charge in [0.25, 0.3) is 0 Å². The Bertz CT molecular complexity index is 687. The number of benzene rings is 1. The first-order valence-corrected chi connectivity index (χ1v) is 7.99. The zero-order valence-electron chi connectivity index (χ0n) is 14.5. The van der Waals surface area contributed by atoms with Crippen LogP contribution in [0.5, 0.6) is 11.5 Å². The third-order valence-corrected chi connectivity index (χ3v) is 4.39. The Kier molecular flexibility index (Phi) is 5.66. The summed E-state index contributed by atoms with van der Waals surface area (Å²) in [4.78, 5) is 14.3. The minimum absolute atomic E-state index is 0.302. The molecule has 0 bridgehead atoms. The lowest BCUT2D eigenvalue weighted by Gasteiger charge is -2.35. The van der Waals surface area contributed by atoms with Gasteiger partial charge in [0.15, 0.2) is 5.11 Å². The van der Waals surface area contributed by atoms with Crippen molar-refractivity contribution in [1.29, 1.82) is 0 Å². The quantitative estimate of drug-likeness (QED) is 0.646. The van der Waals surface area contributed by atoms with Gasteiger partial charge < -0.3 is 24.4 Å². The van der Waals surface area contributed by atoms with Crippen LogP contribution in [0.25, 0.3) is 0 Å². The number of allylic oxidation sites excluding steroid dienone is 1. The summed E-state index contributed by atoms with van der Waals surface area (Å²) in [5.74, 6) is 0.901. The summed E-state index contributed by atoms with van der Waals surface area (Å²) in [5, 5.41) is 3.72.